The summed E-state index contributed by atoms with van der Waals surface area (Å²) in [6.45, 7) is 3.57. The molecule has 0 aromatic heterocycles. The molecule has 4 nitrogen and oxygen atoms in total. The molecule has 0 bridgehead atoms. The van der Waals surface area contributed by atoms with Gasteiger partial charge in [-0.25, -0.2) is 8.42 Å². The van der Waals surface area contributed by atoms with Gasteiger partial charge in [-0.05, 0) is 17.5 Å². The van der Waals surface area contributed by atoms with Crippen molar-refractivity contribution in [1.82, 2.24) is 0 Å². The second-order valence-electron chi connectivity index (χ2n) is 5.11. The number of carbonyl (C=O) groups is 1. The van der Waals surface area contributed by atoms with Crippen LogP contribution in [0.25, 0.3) is 0 Å². The third-order valence-corrected chi connectivity index (χ3v) is 6.34. The second kappa shape index (κ2) is 5.02. The van der Waals surface area contributed by atoms with Crippen molar-refractivity contribution in [2.75, 3.05) is 5.75 Å². The highest BCUT2D eigenvalue weighted by molar-refractivity contribution is 7.92. The molecule has 0 amide bonds. The third kappa shape index (κ3) is 2.04. The molecule has 0 aliphatic heterocycles. The largest absolute Gasteiger partial charge is 0.302 e. The Hall–Kier alpha value is -1.67. The van der Waals surface area contributed by atoms with Crippen molar-refractivity contribution in [2.45, 2.75) is 31.4 Å². The molecular formula is C15H17NO3S. The molecule has 1 aromatic rings. The Morgan fingerprint density at radius 3 is 2.30 bits per heavy atom. The quantitative estimate of drug-likeness (QED) is 0.776. The summed E-state index contributed by atoms with van der Waals surface area (Å²) in [5, 5.41) is 8.37. The topological polar surface area (TPSA) is 75.0 Å². The molecule has 106 valence electrons. The third-order valence-electron chi connectivity index (χ3n) is 4.10. The van der Waals surface area contributed by atoms with Gasteiger partial charge < -0.3 is 4.79 Å². The Labute approximate surface area is 119 Å². The Kier molecular flexibility index (Phi) is 3.70. The Morgan fingerprint density at radius 2 is 1.90 bits per heavy atom. The molecule has 3 atom stereocenters. The highest BCUT2D eigenvalue weighted by Gasteiger charge is 2.72. The van der Waals surface area contributed by atoms with E-state index in [1.165, 1.54) is 6.92 Å². The first-order valence-corrected chi connectivity index (χ1v) is 8.36. The van der Waals surface area contributed by atoms with E-state index in [4.69, 9.17) is 0 Å². The Bertz CT molecular complexity index is 657. The number of benzene rings is 1. The van der Waals surface area contributed by atoms with Gasteiger partial charge in [0, 0.05) is 11.7 Å². The van der Waals surface area contributed by atoms with E-state index in [0.29, 0.717) is 6.29 Å². The molecular weight excluding hydrogens is 274 g/mol. The lowest BCUT2D eigenvalue weighted by molar-refractivity contribution is -0.110. The van der Waals surface area contributed by atoms with Crippen LogP contribution in [0.5, 0.6) is 0 Å². The summed E-state index contributed by atoms with van der Waals surface area (Å²) in [5.41, 5.74) is 0.471. The highest BCUT2D eigenvalue weighted by atomic mass is 32.2. The molecule has 1 fully saturated rings. The minimum atomic E-state index is -3.42. The van der Waals surface area contributed by atoms with E-state index in [9.17, 15) is 18.5 Å². The fourth-order valence-corrected chi connectivity index (χ4v) is 4.70. The first-order chi connectivity index (χ1) is 9.46. The first-order valence-electron chi connectivity index (χ1n) is 6.64. The fraction of sp³-hybridized carbons (Fsp3) is 0.467. The summed E-state index contributed by atoms with van der Waals surface area (Å²) in [4.78, 5) is 11.3. The van der Waals surface area contributed by atoms with Crippen molar-refractivity contribution in [1.29, 1.82) is 5.26 Å². The molecule has 2 rings (SSSR count). The van der Waals surface area contributed by atoms with Crippen LogP contribution in [-0.4, -0.2) is 25.7 Å². The van der Waals surface area contributed by atoms with Gasteiger partial charge in [0.25, 0.3) is 0 Å². The van der Waals surface area contributed by atoms with E-state index < -0.39 is 26.4 Å². The molecule has 5 heteroatoms. The summed E-state index contributed by atoms with van der Waals surface area (Å²) < 4.78 is 24.2. The van der Waals surface area contributed by atoms with Gasteiger partial charge in [0.15, 0.2) is 9.84 Å². The van der Waals surface area contributed by atoms with Crippen molar-refractivity contribution in [2.24, 2.45) is 5.41 Å². The van der Waals surface area contributed by atoms with Gasteiger partial charge in [0.1, 0.15) is 11.7 Å². The van der Waals surface area contributed by atoms with Crippen LogP contribution in [-0.2, 0) is 21.1 Å². The van der Waals surface area contributed by atoms with Gasteiger partial charge in [-0.2, -0.15) is 5.26 Å². The van der Waals surface area contributed by atoms with Gasteiger partial charge in [0.05, 0.1) is 11.3 Å². The number of nitrogens with zero attached hydrogens (tertiary/aromatic N) is 1. The molecule has 1 saturated carbocycles. The highest BCUT2D eigenvalue weighted by Crippen LogP contribution is 2.61. The summed E-state index contributed by atoms with van der Waals surface area (Å²) >= 11 is 0. The summed E-state index contributed by atoms with van der Waals surface area (Å²) in [7, 11) is -3.42. The molecule has 0 heterocycles. The van der Waals surface area contributed by atoms with Crippen LogP contribution in [0.1, 0.15) is 30.9 Å². The predicted octanol–water partition coefficient (Wildman–Crippen LogP) is 1.86. The van der Waals surface area contributed by atoms with E-state index in [-0.39, 0.29) is 5.75 Å². The molecule has 1 aliphatic rings. The number of aryl methyl sites for hydroxylation is 1. The van der Waals surface area contributed by atoms with E-state index in [0.717, 1.165) is 17.5 Å². The van der Waals surface area contributed by atoms with Crippen molar-refractivity contribution in [3.8, 4) is 6.07 Å². The first kappa shape index (κ1) is 14.7. The minimum Gasteiger partial charge on any atom is -0.302 e. The van der Waals surface area contributed by atoms with Crippen LogP contribution in [0.3, 0.4) is 0 Å². The zero-order chi connectivity index (χ0) is 15.0. The number of rotatable bonds is 5. The lowest BCUT2D eigenvalue weighted by Crippen LogP contribution is -2.17. The summed E-state index contributed by atoms with van der Waals surface area (Å²) in [6.07, 6.45) is 1.39. The van der Waals surface area contributed by atoms with E-state index in [1.807, 2.05) is 37.3 Å². The van der Waals surface area contributed by atoms with Crippen LogP contribution in [0.4, 0.5) is 0 Å². The predicted molar refractivity (Wildman–Crippen MR) is 75.9 cm³/mol. The smallest absolute Gasteiger partial charge is 0.155 e. The lowest BCUT2D eigenvalue weighted by atomic mass is 10.0. The molecule has 0 radical (unpaired) electrons. The molecule has 0 unspecified atom stereocenters. The molecule has 0 saturated heterocycles. The fourth-order valence-electron chi connectivity index (χ4n) is 2.77. The van der Waals surface area contributed by atoms with Crippen LogP contribution >= 0.6 is 0 Å². The molecule has 0 spiro atoms. The van der Waals surface area contributed by atoms with Crippen LogP contribution in [0, 0.1) is 16.7 Å². The summed E-state index contributed by atoms with van der Waals surface area (Å²) in [5.74, 6) is -0.598. The number of aldehydes is 1. The van der Waals surface area contributed by atoms with E-state index in [1.54, 1.807) is 0 Å². The molecule has 1 aromatic carbocycles. The van der Waals surface area contributed by atoms with Crippen molar-refractivity contribution in [3.05, 3.63) is 35.4 Å². The van der Waals surface area contributed by atoms with Crippen LogP contribution in [0.15, 0.2) is 24.3 Å². The standard InChI is InChI=1S/C15H17NO3S/c1-3-11-5-7-12(8-6-11)13-14(20(18,19)4-2)15(13,9-16)10-17/h5-8,10,13-14H,3-4H2,1-2H3/t13-,14-,15-/m1/s1. The Balaban J connectivity index is 2.44. The van der Waals surface area contributed by atoms with Crippen LogP contribution < -0.4 is 0 Å². The van der Waals surface area contributed by atoms with Crippen LogP contribution in [0.2, 0.25) is 0 Å². The molecule has 20 heavy (non-hydrogen) atoms. The number of nitriles is 1. The minimum absolute atomic E-state index is 0.0571. The summed E-state index contributed by atoms with van der Waals surface area (Å²) in [6, 6.07) is 9.40. The Morgan fingerprint density at radius 1 is 1.30 bits per heavy atom. The van der Waals surface area contributed by atoms with E-state index >= 15 is 0 Å². The maximum atomic E-state index is 12.1. The maximum absolute atomic E-state index is 12.1. The number of hydrogen-bond acceptors (Lipinski definition) is 4. The van der Waals surface area contributed by atoms with Crippen molar-refractivity contribution in [3.63, 3.8) is 0 Å². The zero-order valence-electron chi connectivity index (χ0n) is 11.5. The normalized spacial score (nSPS) is 28.6. The van der Waals surface area contributed by atoms with Gasteiger partial charge in [-0.1, -0.05) is 38.1 Å². The monoisotopic (exact) mass is 291 g/mol. The number of carbonyl (C=O) groups excluding carboxylic acids is 1. The van der Waals surface area contributed by atoms with Gasteiger partial charge in [-0.3, -0.25) is 0 Å². The van der Waals surface area contributed by atoms with Crippen molar-refractivity contribution >= 4 is 16.1 Å². The number of sulfone groups is 1. The van der Waals surface area contributed by atoms with Gasteiger partial charge >= 0.3 is 0 Å². The SMILES string of the molecule is CCc1ccc([C@@H]2[C@@H](S(=O)(=O)CC)[C@]2(C#N)C=O)cc1. The lowest BCUT2D eigenvalue weighted by Gasteiger charge is -2.02. The second-order valence-corrected chi connectivity index (χ2v) is 7.52. The number of hydrogen-bond donors (Lipinski definition) is 0. The molecule has 0 N–H and O–H groups in total. The van der Waals surface area contributed by atoms with E-state index in [2.05, 4.69) is 0 Å². The molecule has 1 aliphatic carbocycles. The van der Waals surface area contributed by atoms with Crippen molar-refractivity contribution < 1.29 is 13.2 Å². The maximum Gasteiger partial charge on any atom is 0.155 e. The van der Waals surface area contributed by atoms with Gasteiger partial charge in [0.2, 0.25) is 0 Å². The average Bonchev–Trinajstić information content (AvgIpc) is 3.18. The zero-order valence-corrected chi connectivity index (χ0v) is 12.4. The van der Waals surface area contributed by atoms with Gasteiger partial charge in [-0.15, -0.1) is 0 Å². The average molecular weight is 291 g/mol.